The maximum Gasteiger partial charge on any atom is 0.191 e. The van der Waals surface area contributed by atoms with Gasteiger partial charge < -0.3 is 15.4 Å². The van der Waals surface area contributed by atoms with Crippen molar-refractivity contribution in [1.29, 1.82) is 0 Å². The highest BCUT2D eigenvalue weighted by Crippen LogP contribution is 2.17. The third-order valence-corrected chi connectivity index (χ3v) is 4.88. The first-order chi connectivity index (χ1) is 12.9. The van der Waals surface area contributed by atoms with E-state index in [4.69, 9.17) is 9.73 Å². The van der Waals surface area contributed by atoms with Crippen LogP contribution in [-0.4, -0.2) is 52.6 Å². The van der Waals surface area contributed by atoms with Gasteiger partial charge in [0.25, 0.3) is 0 Å². The second-order valence-electron chi connectivity index (χ2n) is 7.89. The minimum atomic E-state index is 0. The fourth-order valence-electron chi connectivity index (χ4n) is 3.33. The minimum absolute atomic E-state index is 0. The van der Waals surface area contributed by atoms with Gasteiger partial charge in [-0.2, -0.15) is 5.10 Å². The molecule has 0 spiro atoms. The van der Waals surface area contributed by atoms with Gasteiger partial charge in [-0.1, -0.05) is 27.7 Å². The first-order valence-electron chi connectivity index (χ1n) is 10.5. The molecule has 7 nitrogen and oxygen atoms in total. The lowest BCUT2D eigenvalue weighted by atomic mass is 10.0. The molecule has 1 aliphatic rings. The van der Waals surface area contributed by atoms with Gasteiger partial charge in [0.2, 0.25) is 0 Å². The smallest absolute Gasteiger partial charge is 0.191 e. The van der Waals surface area contributed by atoms with E-state index in [9.17, 15) is 0 Å². The predicted molar refractivity (Wildman–Crippen MR) is 126 cm³/mol. The van der Waals surface area contributed by atoms with E-state index >= 15 is 0 Å². The maximum absolute atomic E-state index is 5.83. The molecule has 2 rings (SSSR count). The van der Waals surface area contributed by atoms with Crippen LogP contribution in [0.15, 0.2) is 4.99 Å². The van der Waals surface area contributed by atoms with E-state index in [1.54, 1.807) is 0 Å². The molecule has 0 saturated carbocycles. The first kappa shape index (κ1) is 25.1. The topological polar surface area (TPSA) is 76.4 Å². The summed E-state index contributed by atoms with van der Waals surface area (Å²) < 4.78 is 7.89. The van der Waals surface area contributed by atoms with Gasteiger partial charge in [0, 0.05) is 38.1 Å². The van der Waals surface area contributed by atoms with E-state index in [0.29, 0.717) is 17.9 Å². The zero-order valence-corrected chi connectivity index (χ0v) is 20.7. The summed E-state index contributed by atoms with van der Waals surface area (Å²) in [7, 11) is 0. The van der Waals surface area contributed by atoms with Crippen molar-refractivity contribution in [2.45, 2.75) is 85.4 Å². The van der Waals surface area contributed by atoms with E-state index in [-0.39, 0.29) is 30.1 Å². The summed E-state index contributed by atoms with van der Waals surface area (Å²) in [6.45, 7) is 16.0. The molecule has 0 aromatic carbocycles. The molecule has 0 amide bonds. The van der Waals surface area contributed by atoms with Crippen molar-refractivity contribution >= 4 is 29.9 Å². The van der Waals surface area contributed by atoms with Crippen molar-refractivity contribution in [2.75, 3.05) is 19.7 Å². The molecule has 28 heavy (non-hydrogen) atoms. The number of aliphatic imine (C=N–C) groups is 1. The molecule has 1 aromatic rings. The standard InChI is InChI=1S/C20H38N6O.HI/c1-7-21-20(22-12-11-17(14(3)4)27-8-2)23-16-9-10-18-24-19(15(5)6)25-26(18)13-16;/h14-17H,7-13H2,1-6H3,(H2,21,22,23);1H. The number of halogens is 1. The second kappa shape index (κ2) is 12.6. The monoisotopic (exact) mass is 506 g/mol. The molecule has 1 aliphatic heterocycles. The summed E-state index contributed by atoms with van der Waals surface area (Å²) in [5.41, 5.74) is 0. The Balaban J connectivity index is 0.00000392. The number of rotatable bonds is 9. The van der Waals surface area contributed by atoms with Gasteiger partial charge in [-0.3, -0.25) is 4.99 Å². The third kappa shape index (κ3) is 7.50. The summed E-state index contributed by atoms with van der Waals surface area (Å²) in [6.07, 6.45) is 3.21. The number of ether oxygens (including phenoxy) is 1. The van der Waals surface area contributed by atoms with Crippen LogP contribution in [0.25, 0.3) is 0 Å². The number of hydrogen-bond acceptors (Lipinski definition) is 4. The number of nitrogens with zero attached hydrogens (tertiary/aromatic N) is 4. The van der Waals surface area contributed by atoms with Crippen LogP contribution in [0, 0.1) is 5.92 Å². The van der Waals surface area contributed by atoms with E-state index in [1.807, 2.05) is 0 Å². The van der Waals surface area contributed by atoms with Gasteiger partial charge in [0.05, 0.1) is 12.6 Å². The van der Waals surface area contributed by atoms with Gasteiger partial charge in [0.1, 0.15) is 5.82 Å². The first-order valence-corrected chi connectivity index (χ1v) is 10.5. The zero-order valence-electron chi connectivity index (χ0n) is 18.4. The molecule has 8 heteroatoms. The Bertz CT molecular complexity index is 602. The highest BCUT2D eigenvalue weighted by Gasteiger charge is 2.23. The quantitative estimate of drug-likeness (QED) is 0.305. The molecule has 2 unspecified atom stereocenters. The van der Waals surface area contributed by atoms with Crippen molar-refractivity contribution in [3.8, 4) is 0 Å². The van der Waals surface area contributed by atoms with E-state index in [1.165, 1.54) is 0 Å². The Morgan fingerprint density at radius 3 is 2.64 bits per heavy atom. The van der Waals surface area contributed by atoms with Gasteiger partial charge in [-0.05, 0) is 32.6 Å². The SMILES string of the molecule is CCNC(=NCCC(OCC)C(C)C)NC1CCc2nc(C(C)C)nn2C1.I. The number of aryl methyl sites for hydroxylation is 1. The molecular formula is C20H39IN6O. The summed E-state index contributed by atoms with van der Waals surface area (Å²) in [5.74, 6) is 3.81. The minimum Gasteiger partial charge on any atom is -0.378 e. The Labute approximate surface area is 187 Å². The van der Waals surface area contributed by atoms with Crippen LogP contribution in [0.3, 0.4) is 0 Å². The molecular weight excluding hydrogens is 467 g/mol. The van der Waals surface area contributed by atoms with E-state index < -0.39 is 0 Å². The van der Waals surface area contributed by atoms with Crippen LogP contribution >= 0.6 is 24.0 Å². The lowest BCUT2D eigenvalue weighted by Crippen LogP contribution is -2.47. The van der Waals surface area contributed by atoms with E-state index in [0.717, 1.165) is 63.1 Å². The van der Waals surface area contributed by atoms with Crippen LogP contribution in [0.5, 0.6) is 0 Å². The van der Waals surface area contributed by atoms with Crippen LogP contribution in [0.4, 0.5) is 0 Å². The molecule has 0 bridgehead atoms. The highest BCUT2D eigenvalue weighted by molar-refractivity contribution is 14.0. The molecule has 2 N–H and O–H groups in total. The van der Waals surface area contributed by atoms with Crippen LogP contribution in [0.1, 0.15) is 72.0 Å². The van der Waals surface area contributed by atoms with Gasteiger partial charge in [0.15, 0.2) is 11.8 Å². The Morgan fingerprint density at radius 1 is 1.29 bits per heavy atom. The largest absolute Gasteiger partial charge is 0.378 e. The average Bonchev–Trinajstić information content (AvgIpc) is 3.04. The fourth-order valence-corrected chi connectivity index (χ4v) is 3.33. The molecule has 162 valence electrons. The average molecular weight is 506 g/mol. The molecule has 0 radical (unpaired) electrons. The second-order valence-corrected chi connectivity index (χ2v) is 7.89. The number of nitrogens with one attached hydrogen (secondary N) is 2. The van der Waals surface area contributed by atoms with Crippen LogP contribution in [0.2, 0.25) is 0 Å². The Morgan fingerprint density at radius 2 is 2.04 bits per heavy atom. The summed E-state index contributed by atoms with van der Waals surface area (Å²) in [5, 5.41) is 11.6. The number of hydrogen-bond donors (Lipinski definition) is 2. The number of fused-ring (bicyclic) bond motifs is 1. The lowest BCUT2D eigenvalue weighted by Gasteiger charge is -2.25. The zero-order chi connectivity index (χ0) is 19.8. The van der Waals surface area contributed by atoms with Crippen molar-refractivity contribution in [1.82, 2.24) is 25.4 Å². The molecule has 2 atom stereocenters. The maximum atomic E-state index is 5.83. The van der Waals surface area contributed by atoms with Crippen LogP contribution in [-0.2, 0) is 17.7 Å². The van der Waals surface area contributed by atoms with Crippen molar-refractivity contribution in [2.24, 2.45) is 10.9 Å². The van der Waals surface area contributed by atoms with Crippen molar-refractivity contribution in [3.63, 3.8) is 0 Å². The third-order valence-electron chi connectivity index (χ3n) is 4.88. The fraction of sp³-hybridized carbons (Fsp3) is 0.850. The number of guanidine groups is 1. The lowest BCUT2D eigenvalue weighted by molar-refractivity contribution is 0.0266. The molecule has 2 heterocycles. The normalized spacial score (nSPS) is 18.0. The highest BCUT2D eigenvalue weighted by atomic mass is 127. The molecule has 0 aliphatic carbocycles. The molecule has 1 aromatic heterocycles. The summed E-state index contributed by atoms with van der Waals surface area (Å²) in [6, 6.07) is 0.324. The summed E-state index contributed by atoms with van der Waals surface area (Å²) in [4.78, 5) is 9.44. The van der Waals surface area contributed by atoms with Gasteiger partial charge in [-0.25, -0.2) is 9.67 Å². The Kier molecular flexibility index (Phi) is 11.3. The van der Waals surface area contributed by atoms with Gasteiger partial charge >= 0.3 is 0 Å². The number of aromatic nitrogens is 3. The Hall–Kier alpha value is -0.900. The molecule has 0 saturated heterocycles. The van der Waals surface area contributed by atoms with Crippen molar-refractivity contribution in [3.05, 3.63) is 11.6 Å². The molecule has 0 fully saturated rings. The van der Waals surface area contributed by atoms with Gasteiger partial charge in [-0.15, -0.1) is 24.0 Å². The van der Waals surface area contributed by atoms with E-state index in [2.05, 4.69) is 66.9 Å². The van der Waals surface area contributed by atoms with Crippen LogP contribution < -0.4 is 10.6 Å². The predicted octanol–water partition coefficient (Wildman–Crippen LogP) is 3.34. The van der Waals surface area contributed by atoms with Crippen molar-refractivity contribution < 1.29 is 4.74 Å². The summed E-state index contributed by atoms with van der Waals surface area (Å²) >= 11 is 0.